The molecular formula is C16H21ClN2O. The Bertz CT molecular complexity index is 488. The van der Waals surface area contributed by atoms with Crippen LogP contribution in [0, 0.1) is 0 Å². The monoisotopic (exact) mass is 292 g/mol. The summed E-state index contributed by atoms with van der Waals surface area (Å²) in [5.41, 5.74) is 0.760. The average Bonchev–Trinajstić information content (AvgIpc) is 2.87. The van der Waals surface area contributed by atoms with E-state index in [-0.39, 0.29) is 5.78 Å². The fourth-order valence-electron chi connectivity index (χ4n) is 3.38. The van der Waals surface area contributed by atoms with Crippen LogP contribution in [-0.2, 0) is 0 Å². The first-order chi connectivity index (χ1) is 9.63. The van der Waals surface area contributed by atoms with Gasteiger partial charge in [0.1, 0.15) is 0 Å². The zero-order chi connectivity index (χ0) is 14.1. The number of ketones is 1. The van der Waals surface area contributed by atoms with Crippen molar-refractivity contribution in [2.45, 2.75) is 31.8 Å². The van der Waals surface area contributed by atoms with E-state index < -0.39 is 0 Å². The Balaban J connectivity index is 1.64. The number of Topliss-reactive ketones (excluding diaryl/α,β-unsaturated/α-hetero) is 1. The Hall–Kier alpha value is -0.900. The Morgan fingerprint density at radius 1 is 1.30 bits per heavy atom. The lowest BCUT2D eigenvalue weighted by molar-refractivity contribution is 0.0535. The van der Waals surface area contributed by atoms with Crippen LogP contribution in [0.1, 0.15) is 30.1 Å². The van der Waals surface area contributed by atoms with Gasteiger partial charge >= 0.3 is 0 Å². The van der Waals surface area contributed by atoms with Crippen LogP contribution >= 0.6 is 11.6 Å². The number of halogens is 1. The standard InChI is InChI=1S/C16H21ClN2O/c1-12-9-18-8-2-3-15(18)10-19(12)11-16(20)13-4-6-14(17)7-5-13/h4-7,12,15H,2-3,8-11H2,1H3. The van der Waals surface area contributed by atoms with Crippen molar-refractivity contribution in [2.75, 3.05) is 26.2 Å². The topological polar surface area (TPSA) is 23.6 Å². The van der Waals surface area contributed by atoms with E-state index in [2.05, 4.69) is 16.7 Å². The van der Waals surface area contributed by atoms with Crippen molar-refractivity contribution in [3.8, 4) is 0 Å². The minimum atomic E-state index is 0.194. The number of fused-ring (bicyclic) bond motifs is 1. The highest BCUT2D eigenvalue weighted by molar-refractivity contribution is 6.30. The lowest BCUT2D eigenvalue weighted by Gasteiger charge is -2.42. The van der Waals surface area contributed by atoms with Gasteiger partial charge in [-0.15, -0.1) is 0 Å². The molecule has 2 saturated heterocycles. The molecular weight excluding hydrogens is 272 g/mol. The number of piperazine rings is 1. The number of hydrogen-bond donors (Lipinski definition) is 0. The van der Waals surface area contributed by atoms with Crippen LogP contribution in [0.5, 0.6) is 0 Å². The van der Waals surface area contributed by atoms with Crippen molar-refractivity contribution in [3.63, 3.8) is 0 Å². The van der Waals surface area contributed by atoms with Gasteiger partial charge in [0, 0.05) is 35.8 Å². The molecule has 0 radical (unpaired) electrons. The van der Waals surface area contributed by atoms with Gasteiger partial charge in [-0.05, 0) is 50.6 Å². The first-order valence-electron chi connectivity index (χ1n) is 7.40. The van der Waals surface area contributed by atoms with Crippen LogP contribution in [0.4, 0.5) is 0 Å². The first-order valence-corrected chi connectivity index (χ1v) is 7.78. The molecule has 0 spiro atoms. The predicted octanol–water partition coefficient (Wildman–Crippen LogP) is 2.69. The van der Waals surface area contributed by atoms with Crippen molar-refractivity contribution in [1.29, 1.82) is 0 Å². The molecule has 1 aromatic carbocycles. The molecule has 108 valence electrons. The van der Waals surface area contributed by atoms with Crippen molar-refractivity contribution in [2.24, 2.45) is 0 Å². The van der Waals surface area contributed by atoms with E-state index in [0.717, 1.165) is 18.7 Å². The van der Waals surface area contributed by atoms with E-state index in [1.54, 1.807) is 12.1 Å². The molecule has 0 bridgehead atoms. The van der Waals surface area contributed by atoms with E-state index in [1.165, 1.54) is 19.4 Å². The third-order valence-electron chi connectivity index (χ3n) is 4.58. The van der Waals surface area contributed by atoms with E-state index in [1.807, 2.05) is 12.1 Å². The Labute approximate surface area is 125 Å². The Morgan fingerprint density at radius 2 is 2.05 bits per heavy atom. The minimum absolute atomic E-state index is 0.194. The average molecular weight is 293 g/mol. The van der Waals surface area contributed by atoms with Crippen LogP contribution in [0.3, 0.4) is 0 Å². The molecule has 2 fully saturated rings. The number of carbonyl (C=O) groups is 1. The quantitative estimate of drug-likeness (QED) is 0.800. The summed E-state index contributed by atoms with van der Waals surface area (Å²) in [7, 11) is 0. The van der Waals surface area contributed by atoms with Gasteiger partial charge in [0.05, 0.1) is 6.54 Å². The van der Waals surface area contributed by atoms with Gasteiger partial charge in [0.25, 0.3) is 0 Å². The summed E-state index contributed by atoms with van der Waals surface area (Å²) in [4.78, 5) is 17.3. The summed E-state index contributed by atoms with van der Waals surface area (Å²) in [5, 5.41) is 0.675. The molecule has 0 N–H and O–H groups in total. The molecule has 2 unspecified atom stereocenters. The molecule has 2 atom stereocenters. The SMILES string of the molecule is CC1CN2CCCC2CN1CC(=O)c1ccc(Cl)cc1. The second kappa shape index (κ2) is 5.84. The van der Waals surface area contributed by atoms with Gasteiger partial charge in [0.15, 0.2) is 5.78 Å². The molecule has 0 amide bonds. The van der Waals surface area contributed by atoms with Crippen molar-refractivity contribution in [3.05, 3.63) is 34.9 Å². The fourth-order valence-corrected chi connectivity index (χ4v) is 3.51. The number of carbonyl (C=O) groups excluding carboxylic acids is 1. The molecule has 20 heavy (non-hydrogen) atoms. The lowest BCUT2D eigenvalue weighted by Crippen LogP contribution is -2.55. The summed E-state index contributed by atoms with van der Waals surface area (Å²) in [5.74, 6) is 0.194. The van der Waals surface area contributed by atoms with Crippen LogP contribution in [0.15, 0.2) is 24.3 Å². The molecule has 1 aromatic rings. The minimum Gasteiger partial charge on any atom is -0.298 e. The highest BCUT2D eigenvalue weighted by Gasteiger charge is 2.34. The van der Waals surface area contributed by atoms with Crippen molar-refractivity contribution < 1.29 is 4.79 Å². The molecule has 0 aliphatic carbocycles. The van der Waals surface area contributed by atoms with Crippen LogP contribution in [0.25, 0.3) is 0 Å². The summed E-state index contributed by atoms with van der Waals surface area (Å²) in [6.07, 6.45) is 2.58. The van der Waals surface area contributed by atoms with Gasteiger partial charge in [-0.3, -0.25) is 14.6 Å². The molecule has 3 rings (SSSR count). The van der Waals surface area contributed by atoms with Crippen LogP contribution in [0.2, 0.25) is 5.02 Å². The first kappa shape index (κ1) is 14.1. The van der Waals surface area contributed by atoms with Crippen LogP contribution in [-0.4, -0.2) is 53.8 Å². The highest BCUT2D eigenvalue weighted by atomic mass is 35.5. The second-order valence-corrected chi connectivity index (χ2v) is 6.44. The number of hydrogen-bond acceptors (Lipinski definition) is 3. The number of benzene rings is 1. The van der Waals surface area contributed by atoms with Gasteiger partial charge in [-0.1, -0.05) is 11.6 Å². The normalized spacial score (nSPS) is 27.5. The van der Waals surface area contributed by atoms with E-state index >= 15 is 0 Å². The predicted molar refractivity (Wildman–Crippen MR) is 81.4 cm³/mol. The summed E-state index contributed by atoms with van der Waals surface area (Å²) >= 11 is 5.87. The summed E-state index contributed by atoms with van der Waals surface area (Å²) < 4.78 is 0. The zero-order valence-corrected chi connectivity index (χ0v) is 12.6. The third-order valence-corrected chi connectivity index (χ3v) is 4.83. The van der Waals surface area contributed by atoms with Crippen LogP contribution < -0.4 is 0 Å². The van der Waals surface area contributed by atoms with Gasteiger partial charge in [0.2, 0.25) is 0 Å². The zero-order valence-electron chi connectivity index (χ0n) is 11.9. The van der Waals surface area contributed by atoms with Gasteiger partial charge in [-0.25, -0.2) is 0 Å². The summed E-state index contributed by atoms with van der Waals surface area (Å²) in [6, 6.07) is 8.33. The molecule has 2 heterocycles. The molecule has 0 saturated carbocycles. The fraction of sp³-hybridized carbons (Fsp3) is 0.562. The Kier molecular flexibility index (Phi) is 4.11. The van der Waals surface area contributed by atoms with E-state index in [4.69, 9.17) is 11.6 Å². The third kappa shape index (κ3) is 2.90. The van der Waals surface area contributed by atoms with Gasteiger partial charge in [-0.2, -0.15) is 0 Å². The molecule has 0 aromatic heterocycles. The molecule has 2 aliphatic rings. The number of nitrogens with zero attached hydrogens (tertiary/aromatic N) is 2. The molecule has 4 heteroatoms. The molecule has 2 aliphatic heterocycles. The smallest absolute Gasteiger partial charge is 0.176 e. The number of rotatable bonds is 3. The van der Waals surface area contributed by atoms with Crippen molar-refractivity contribution in [1.82, 2.24) is 9.80 Å². The van der Waals surface area contributed by atoms with Crippen molar-refractivity contribution >= 4 is 17.4 Å². The van der Waals surface area contributed by atoms with E-state index in [0.29, 0.717) is 23.7 Å². The largest absolute Gasteiger partial charge is 0.298 e. The Morgan fingerprint density at radius 3 is 2.80 bits per heavy atom. The maximum absolute atomic E-state index is 12.4. The maximum Gasteiger partial charge on any atom is 0.176 e. The lowest BCUT2D eigenvalue weighted by atomic mass is 10.1. The highest BCUT2D eigenvalue weighted by Crippen LogP contribution is 2.24. The van der Waals surface area contributed by atoms with E-state index in [9.17, 15) is 4.79 Å². The summed E-state index contributed by atoms with van der Waals surface area (Å²) in [6.45, 7) is 6.10. The van der Waals surface area contributed by atoms with Gasteiger partial charge < -0.3 is 0 Å². The maximum atomic E-state index is 12.4. The molecule has 3 nitrogen and oxygen atoms in total. The second-order valence-electron chi connectivity index (χ2n) is 6.00.